The Morgan fingerprint density at radius 3 is 2.42 bits per heavy atom. The van der Waals surface area contributed by atoms with Gasteiger partial charge in [-0.05, 0) is 61.4 Å². The molecule has 1 heterocycles. The largest absolute Gasteiger partial charge is 0.424 e. The Hall–Kier alpha value is -2.47. The molecule has 2 aliphatic rings. The van der Waals surface area contributed by atoms with Gasteiger partial charge >= 0.3 is 6.01 Å². The summed E-state index contributed by atoms with van der Waals surface area (Å²) >= 11 is 0. The van der Waals surface area contributed by atoms with Crippen LogP contribution in [0.4, 0.5) is 5.69 Å². The van der Waals surface area contributed by atoms with Crippen LogP contribution in [0.25, 0.3) is 0 Å². The highest BCUT2D eigenvalue weighted by molar-refractivity contribution is 5.96. The van der Waals surface area contributed by atoms with Crippen LogP contribution in [0.1, 0.15) is 25.7 Å². The summed E-state index contributed by atoms with van der Waals surface area (Å²) in [5, 5.41) is 2.99. The van der Waals surface area contributed by atoms with E-state index in [1.54, 1.807) is 30.6 Å². The van der Waals surface area contributed by atoms with E-state index >= 15 is 0 Å². The van der Waals surface area contributed by atoms with Crippen molar-refractivity contribution in [1.82, 2.24) is 9.97 Å². The molecular formula is C18H20N4O2. The van der Waals surface area contributed by atoms with Gasteiger partial charge in [0.1, 0.15) is 5.75 Å². The molecule has 1 aromatic heterocycles. The number of carbonyl (C=O) groups excluding carboxylic acids is 1. The lowest BCUT2D eigenvalue weighted by atomic mass is 9.59. The van der Waals surface area contributed by atoms with Gasteiger partial charge in [-0.2, -0.15) is 0 Å². The van der Waals surface area contributed by atoms with Crippen LogP contribution < -0.4 is 15.8 Å². The molecule has 2 aliphatic carbocycles. The predicted octanol–water partition coefficient (Wildman–Crippen LogP) is 2.73. The number of ether oxygens (including phenoxy) is 1. The normalized spacial score (nSPS) is 19.4. The lowest BCUT2D eigenvalue weighted by Crippen LogP contribution is -2.52. The van der Waals surface area contributed by atoms with Gasteiger partial charge in [0.2, 0.25) is 5.91 Å². The number of hydrogen-bond donors (Lipinski definition) is 2. The van der Waals surface area contributed by atoms with Crippen LogP contribution in [0.2, 0.25) is 0 Å². The molecule has 0 radical (unpaired) electrons. The van der Waals surface area contributed by atoms with Gasteiger partial charge < -0.3 is 15.8 Å². The molecule has 2 aromatic rings. The third-order valence-corrected chi connectivity index (χ3v) is 5.12. The fourth-order valence-electron chi connectivity index (χ4n) is 3.63. The molecule has 3 N–H and O–H groups in total. The number of nitrogens with two attached hydrogens (primary N) is 1. The number of rotatable bonds is 5. The van der Waals surface area contributed by atoms with E-state index in [0.29, 0.717) is 23.7 Å². The van der Waals surface area contributed by atoms with Gasteiger partial charge in [0.15, 0.2) is 0 Å². The molecule has 124 valence electrons. The lowest BCUT2D eigenvalue weighted by Gasteiger charge is -2.46. The van der Waals surface area contributed by atoms with E-state index in [0.717, 1.165) is 18.5 Å². The Labute approximate surface area is 140 Å². The highest BCUT2D eigenvalue weighted by atomic mass is 16.5. The molecule has 24 heavy (non-hydrogen) atoms. The summed E-state index contributed by atoms with van der Waals surface area (Å²) in [5.41, 5.74) is 6.68. The number of benzene rings is 1. The molecule has 1 amide bonds. The zero-order valence-electron chi connectivity index (χ0n) is 13.4. The van der Waals surface area contributed by atoms with Crippen LogP contribution in [-0.4, -0.2) is 22.4 Å². The molecule has 0 atom stereocenters. The van der Waals surface area contributed by atoms with Crippen molar-refractivity contribution in [2.24, 2.45) is 16.6 Å². The first kappa shape index (κ1) is 15.1. The maximum Gasteiger partial charge on any atom is 0.321 e. The van der Waals surface area contributed by atoms with Crippen LogP contribution in [0, 0.1) is 10.8 Å². The molecular weight excluding hydrogens is 304 g/mol. The van der Waals surface area contributed by atoms with Crippen molar-refractivity contribution in [3.63, 3.8) is 0 Å². The van der Waals surface area contributed by atoms with E-state index in [-0.39, 0.29) is 11.3 Å². The molecule has 4 rings (SSSR count). The molecule has 2 fully saturated rings. The third kappa shape index (κ3) is 2.73. The Morgan fingerprint density at radius 2 is 1.83 bits per heavy atom. The van der Waals surface area contributed by atoms with E-state index in [4.69, 9.17) is 10.5 Å². The van der Waals surface area contributed by atoms with Crippen molar-refractivity contribution in [3.8, 4) is 11.8 Å². The standard InChI is InChI=1S/C18H20N4O2/c19-12-18(10-17(11-18)6-7-17)15(23)22-13-2-4-14(5-3-13)24-16-20-8-1-9-21-16/h1-5,8-9H,6-7,10-12,19H2,(H,22,23). The highest BCUT2D eigenvalue weighted by Gasteiger charge is 2.63. The second-order valence-corrected chi connectivity index (χ2v) is 6.95. The van der Waals surface area contributed by atoms with Gasteiger partial charge in [0.05, 0.1) is 5.41 Å². The van der Waals surface area contributed by atoms with Crippen molar-refractivity contribution in [1.29, 1.82) is 0 Å². The van der Waals surface area contributed by atoms with Gasteiger partial charge in [0, 0.05) is 24.6 Å². The number of nitrogens with zero attached hydrogens (tertiary/aromatic N) is 2. The smallest absolute Gasteiger partial charge is 0.321 e. The van der Waals surface area contributed by atoms with Crippen molar-refractivity contribution in [3.05, 3.63) is 42.7 Å². The van der Waals surface area contributed by atoms with Crippen molar-refractivity contribution >= 4 is 11.6 Å². The minimum absolute atomic E-state index is 0.0302. The van der Waals surface area contributed by atoms with Gasteiger partial charge in [-0.3, -0.25) is 4.79 Å². The topological polar surface area (TPSA) is 90.1 Å². The molecule has 0 bridgehead atoms. The Kier molecular flexibility index (Phi) is 3.49. The van der Waals surface area contributed by atoms with Crippen molar-refractivity contribution < 1.29 is 9.53 Å². The van der Waals surface area contributed by atoms with Crippen molar-refractivity contribution in [2.45, 2.75) is 25.7 Å². The zero-order valence-corrected chi connectivity index (χ0v) is 13.4. The van der Waals surface area contributed by atoms with Gasteiger partial charge in [-0.1, -0.05) is 0 Å². The van der Waals surface area contributed by atoms with Gasteiger partial charge in [0.25, 0.3) is 0 Å². The first-order valence-corrected chi connectivity index (χ1v) is 8.20. The minimum atomic E-state index is -0.385. The van der Waals surface area contributed by atoms with Crippen LogP contribution in [0.5, 0.6) is 11.8 Å². The van der Waals surface area contributed by atoms with Gasteiger partial charge in [-0.15, -0.1) is 0 Å². The van der Waals surface area contributed by atoms with E-state index in [9.17, 15) is 4.79 Å². The molecule has 2 saturated carbocycles. The summed E-state index contributed by atoms with van der Waals surface area (Å²) in [4.78, 5) is 20.6. The van der Waals surface area contributed by atoms with E-state index in [1.807, 2.05) is 12.1 Å². The predicted molar refractivity (Wildman–Crippen MR) is 89.6 cm³/mol. The molecule has 0 aliphatic heterocycles. The summed E-state index contributed by atoms with van der Waals surface area (Å²) in [6.45, 7) is 0.410. The summed E-state index contributed by atoms with van der Waals surface area (Å²) in [5.74, 6) is 0.649. The maximum atomic E-state index is 12.6. The fraction of sp³-hybridized carbons (Fsp3) is 0.389. The third-order valence-electron chi connectivity index (χ3n) is 5.12. The molecule has 1 aromatic carbocycles. The Morgan fingerprint density at radius 1 is 1.17 bits per heavy atom. The Balaban J connectivity index is 1.39. The summed E-state index contributed by atoms with van der Waals surface area (Å²) < 4.78 is 5.54. The average Bonchev–Trinajstić information content (AvgIpc) is 3.36. The van der Waals surface area contributed by atoms with Crippen molar-refractivity contribution in [2.75, 3.05) is 11.9 Å². The van der Waals surface area contributed by atoms with E-state index in [2.05, 4.69) is 15.3 Å². The number of aromatic nitrogens is 2. The molecule has 6 heteroatoms. The summed E-state index contributed by atoms with van der Waals surface area (Å²) in [7, 11) is 0. The molecule has 6 nitrogen and oxygen atoms in total. The first-order chi connectivity index (χ1) is 11.6. The highest BCUT2D eigenvalue weighted by Crippen LogP contribution is 2.68. The maximum absolute atomic E-state index is 12.6. The number of hydrogen-bond acceptors (Lipinski definition) is 5. The van der Waals surface area contributed by atoms with Crippen LogP contribution >= 0.6 is 0 Å². The van der Waals surface area contributed by atoms with E-state index < -0.39 is 0 Å². The molecule has 0 saturated heterocycles. The van der Waals surface area contributed by atoms with Gasteiger partial charge in [-0.25, -0.2) is 9.97 Å². The average molecular weight is 324 g/mol. The second kappa shape index (κ2) is 5.56. The number of amides is 1. The fourth-order valence-corrected chi connectivity index (χ4v) is 3.63. The van der Waals surface area contributed by atoms with E-state index in [1.165, 1.54) is 12.8 Å². The molecule has 0 unspecified atom stereocenters. The number of anilines is 1. The van der Waals surface area contributed by atoms with Crippen LogP contribution in [0.3, 0.4) is 0 Å². The monoisotopic (exact) mass is 324 g/mol. The summed E-state index contributed by atoms with van der Waals surface area (Å²) in [6, 6.07) is 9.21. The zero-order chi connectivity index (χ0) is 16.6. The quantitative estimate of drug-likeness (QED) is 0.882. The van der Waals surface area contributed by atoms with Crippen LogP contribution in [-0.2, 0) is 4.79 Å². The Bertz CT molecular complexity index is 733. The SMILES string of the molecule is NCC1(C(=O)Nc2ccc(Oc3ncccn3)cc2)CC2(CC2)C1. The number of carbonyl (C=O) groups is 1. The first-order valence-electron chi connectivity index (χ1n) is 8.20. The summed E-state index contributed by atoms with van der Waals surface area (Å²) in [6.07, 6.45) is 7.58. The minimum Gasteiger partial charge on any atom is -0.424 e. The molecule has 1 spiro atoms. The lowest BCUT2D eigenvalue weighted by molar-refractivity contribution is -0.134. The number of nitrogens with one attached hydrogen (secondary N) is 1. The second-order valence-electron chi connectivity index (χ2n) is 6.95. The van der Waals surface area contributed by atoms with Crippen LogP contribution in [0.15, 0.2) is 42.7 Å².